The molecular formula is C34H44N6O5S. The zero-order valence-corrected chi connectivity index (χ0v) is 27.5. The molecule has 2 aromatic carbocycles. The van der Waals surface area contributed by atoms with Gasteiger partial charge in [0, 0.05) is 42.3 Å². The smallest absolute Gasteiger partial charge is 0.359 e. The van der Waals surface area contributed by atoms with Gasteiger partial charge in [-0.15, -0.1) is 0 Å². The third-order valence-electron chi connectivity index (χ3n) is 8.27. The van der Waals surface area contributed by atoms with Crippen molar-refractivity contribution in [1.82, 2.24) is 29.3 Å². The molecule has 4 N–H and O–H groups in total. The van der Waals surface area contributed by atoms with E-state index in [1.807, 2.05) is 74.6 Å². The van der Waals surface area contributed by atoms with Gasteiger partial charge in [0.05, 0.1) is 6.04 Å². The van der Waals surface area contributed by atoms with Crippen LogP contribution in [0.5, 0.6) is 0 Å². The Morgan fingerprint density at radius 3 is 2.41 bits per heavy atom. The van der Waals surface area contributed by atoms with Crippen LogP contribution in [-0.4, -0.2) is 58.7 Å². The van der Waals surface area contributed by atoms with E-state index in [0.29, 0.717) is 37.4 Å². The van der Waals surface area contributed by atoms with E-state index in [2.05, 4.69) is 25.0 Å². The first kappa shape index (κ1) is 33.4. The van der Waals surface area contributed by atoms with Crippen LogP contribution < -0.4 is 10.0 Å². The van der Waals surface area contributed by atoms with Gasteiger partial charge in [-0.25, -0.2) is 9.78 Å². The lowest BCUT2D eigenvalue weighted by Gasteiger charge is -2.27. The second-order valence-electron chi connectivity index (χ2n) is 12.4. The Hall–Kier alpha value is -4.00. The first-order valence-electron chi connectivity index (χ1n) is 16.0. The molecule has 11 nitrogen and oxygen atoms in total. The molecule has 0 aliphatic carbocycles. The summed E-state index contributed by atoms with van der Waals surface area (Å²) in [6.07, 6.45) is 6.11. The van der Waals surface area contributed by atoms with E-state index in [-0.39, 0.29) is 18.2 Å². The van der Waals surface area contributed by atoms with Gasteiger partial charge >= 0.3 is 5.97 Å². The highest BCUT2D eigenvalue weighted by Crippen LogP contribution is 2.25. The number of amides is 1. The van der Waals surface area contributed by atoms with E-state index in [4.69, 9.17) is 4.74 Å². The summed E-state index contributed by atoms with van der Waals surface area (Å²) in [4.78, 5) is 38.1. The lowest BCUT2D eigenvalue weighted by molar-refractivity contribution is -0.124. The van der Waals surface area contributed by atoms with Crippen LogP contribution in [0, 0.1) is 12.8 Å². The third-order valence-corrected chi connectivity index (χ3v) is 9.90. The number of rotatable bonds is 13. The number of hydrogen-bond acceptors (Lipinski definition) is 6. The number of nitrogens with one attached hydrogen (secondary N) is 4. The molecular weight excluding hydrogens is 604 g/mol. The molecule has 246 valence electrons. The molecule has 3 heterocycles. The fraction of sp³-hybridized carbons (Fsp3) is 0.441. The topological polar surface area (TPSA) is 149 Å². The second-order valence-corrected chi connectivity index (χ2v) is 14.1. The van der Waals surface area contributed by atoms with Crippen LogP contribution in [0.25, 0.3) is 10.9 Å². The number of H-pyrrole nitrogens is 2. The van der Waals surface area contributed by atoms with Crippen molar-refractivity contribution >= 4 is 33.0 Å². The molecule has 2 aromatic heterocycles. The van der Waals surface area contributed by atoms with Crippen molar-refractivity contribution < 1.29 is 22.7 Å². The number of aromatic nitrogens is 3. The summed E-state index contributed by atoms with van der Waals surface area (Å²) >= 11 is 0. The van der Waals surface area contributed by atoms with Gasteiger partial charge in [-0.3, -0.25) is 4.79 Å². The zero-order valence-electron chi connectivity index (χ0n) is 26.7. The number of carbonyl (C=O) groups is 2. The number of ether oxygens (including phenoxy) is 1. The number of hydrogen-bond donors (Lipinski definition) is 4. The van der Waals surface area contributed by atoms with E-state index in [9.17, 15) is 18.0 Å². The van der Waals surface area contributed by atoms with Gasteiger partial charge in [-0.05, 0) is 49.3 Å². The molecule has 2 atom stereocenters. The van der Waals surface area contributed by atoms with Crippen LogP contribution in [0.1, 0.15) is 85.1 Å². The Kier molecular flexibility index (Phi) is 10.9. The largest absolute Gasteiger partial charge is 0.456 e. The van der Waals surface area contributed by atoms with Crippen molar-refractivity contribution in [2.45, 2.75) is 78.0 Å². The molecule has 1 aliphatic heterocycles. The number of para-hydroxylation sites is 1. The van der Waals surface area contributed by atoms with Crippen LogP contribution in [0.3, 0.4) is 0 Å². The molecule has 0 saturated carbocycles. The maximum absolute atomic E-state index is 14.0. The fourth-order valence-electron chi connectivity index (χ4n) is 5.86. The highest BCUT2D eigenvalue weighted by molar-refractivity contribution is 7.87. The first-order valence-corrected chi connectivity index (χ1v) is 17.4. The predicted molar refractivity (Wildman–Crippen MR) is 177 cm³/mol. The van der Waals surface area contributed by atoms with E-state index in [1.54, 1.807) is 6.92 Å². The average molecular weight is 649 g/mol. The average Bonchev–Trinajstić information content (AvgIpc) is 3.50. The summed E-state index contributed by atoms with van der Waals surface area (Å²) in [6.45, 7) is 6.61. The number of nitrogens with zero attached hydrogens (tertiary/aromatic N) is 2. The van der Waals surface area contributed by atoms with Gasteiger partial charge in [-0.2, -0.15) is 17.4 Å². The van der Waals surface area contributed by atoms with Crippen molar-refractivity contribution in [2.75, 3.05) is 13.1 Å². The standard InChI is InChI=1S/C34H44N6O5S/c1-23(2)19-30(39-46(43,44)40-17-11-4-5-12-18-40)33(41)37-29(20-26-21-35-28-16-10-9-15-27(26)28)32-36-24(3)31(38-32)34(42)45-22-25-13-7-6-8-14-25/h6-10,13-16,21,23,29-30,35,39H,4-5,11-12,17-20,22H2,1-3H3,(H,36,38)(H,37,41)/t29-,30+/m1/s1. The first-order chi connectivity index (χ1) is 22.1. The molecule has 1 aliphatic rings. The summed E-state index contributed by atoms with van der Waals surface area (Å²) in [5, 5.41) is 4.07. The van der Waals surface area contributed by atoms with E-state index < -0.39 is 34.2 Å². The van der Waals surface area contributed by atoms with Crippen LogP contribution in [0.2, 0.25) is 0 Å². The minimum absolute atomic E-state index is 0.0477. The number of aryl methyl sites for hydroxylation is 1. The maximum atomic E-state index is 14.0. The maximum Gasteiger partial charge on any atom is 0.359 e. The number of benzene rings is 2. The van der Waals surface area contributed by atoms with E-state index in [0.717, 1.165) is 47.7 Å². The minimum Gasteiger partial charge on any atom is -0.456 e. The predicted octanol–water partition coefficient (Wildman–Crippen LogP) is 5.08. The molecule has 0 radical (unpaired) electrons. The van der Waals surface area contributed by atoms with Gasteiger partial charge in [0.1, 0.15) is 18.5 Å². The number of aromatic amines is 2. The van der Waals surface area contributed by atoms with Crippen molar-refractivity contribution in [3.05, 3.63) is 89.1 Å². The Morgan fingerprint density at radius 1 is 1.00 bits per heavy atom. The Balaban J connectivity index is 1.40. The number of esters is 1. The molecule has 1 fully saturated rings. The molecule has 1 saturated heterocycles. The molecule has 5 rings (SSSR count). The lowest BCUT2D eigenvalue weighted by Crippen LogP contribution is -2.52. The second kappa shape index (κ2) is 15.1. The van der Waals surface area contributed by atoms with Gasteiger partial charge < -0.3 is 20.0 Å². The Morgan fingerprint density at radius 2 is 1.70 bits per heavy atom. The van der Waals surface area contributed by atoms with Gasteiger partial charge in [0.2, 0.25) is 5.91 Å². The quantitative estimate of drug-likeness (QED) is 0.149. The molecule has 46 heavy (non-hydrogen) atoms. The van der Waals surface area contributed by atoms with E-state index >= 15 is 0 Å². The molecule has 12 heteroatoms. The number of fused-ring (bicyclic) bond motifs is 1. The van der Waals surface area contributed by atoms with Crippen LogP contribution in [0.15, 0.2) is 60.8 Å². The molecule has 0 spiro atoms. The highest BCUT2D eigenvalue weighted by Gasteiger charge is 2.32. The van der Waals surface area contributed by atoms with Gasteiger partial charge in [-0.1, -0.05) is 75.2 Å². The molecule has 0 unspecified atom stereocenters. The van der Waals surface area contributed by atoms with E-state index in [1.165, 1.54) is 4.31 Å². The SMILES string of the molecule is Cc1[nH]c([C@@H](Cc2c[nH]c3ccccc23)NC(=O)[C@H](CC(C)C)NS(=O)(=O)N2CCCCCC2)nc1C(=O)OCc1ccccc1. The Bertz CT molecular complexity index is 1720. The highest BCUT2D eigenvalue weighted by atomic mass is 32.2. The number of carbonyl (C=O) groups excluding carboxylic acids is 2. The van der Waals surface area contributed by atoms with Crippen LogP contribution >= 0.6 is 0 Å². The summed E-state index contributed by atoms with van der Waals surface area (Å²) in [7, 11) is -3.89. The zero-order chi connectivity index (χ0) is 32.7. The lowest BCUT2D eigenvalue weighted by atomic mass is 10.0. The molecule has 1 amide bonds. The monoisotopic (exact) mass is 648 g/mol. The normalized spacial score (nSPS) is 15.8. The van der Waals surface area contributed by atoms with Gasteiger partial charge in [0.15, 0.2) is 5.69 Å². The fourth-order valence-corrected chi connectivity index (χ4v) is 7.31. The number of imidazole rings is 1. The summed E-state index contributed by atoms with van der Waals surface area (Å²) in [6, 6.07) is 15.6. The van der Waals surface area contributed by atoms with Gasteiger partial charge in [0.25, 0.3) is 10.2 Å². The van der Waals surface area contributed by atoms with Crippen molar-refractivity contribution in [3.8, 4) is 0 Å². The van der Waals surface area contributed by atoms with Crippen LogP contribution in [0.4, 0.5) is 0 Å². The Labute approximate surface area is 270 Å². The van der Waals surface area contributed by atoms with Crippen molar-refractivity contribution in [1.29, 1.82) is 0 Å². The summed E-state index contributed by atoms with van der Waals surface area (Å²) in [5.74, 6) is -0.615. The summed E-state index contributed by atoms with van der Waals surface area (Å²) in [5.41, 5.74) is 3.38. The minimum atomic E-state index is -3.89. The molecule has 4 aromatic rings. The molecule has 0 bridgehead atoms. The van der Waals surface area contributed by atoms with Crippen LogP contribution in [-0.2, 0) is 32.8 Å². The summed E-state index contributed by atoms with van der Waals surface area (Å²) < 4.78 is 36.6. The third kappa shape index (κ3) is 8.42. The van der Waals surface area contributed by atoms with Crippen molar-refractivity contribution in [2.24, 2.45) is 5.92 Å². The van der Waals surface area contributed by atoms with Crippen molar-refractivity contribution in [3.63, 3.8) is 0 Å².